The number of benzene rings is 2. The summed E-state index contributed by atoms with van der Waals surface area (Å²) in [5.74, 6) is 0.119. The van der Waals surface area contributed by atoms with Crippen LogP contribution in [0.1, 0.15) is 61.8 Å². The minimum Gasteiger partial charge on any atom is -0.384 e. The molecule has 0 spiro atoms. The Balaban J connectivity index is 2.06. The summed E-state index contributed by atoms with van der Waals surface area (Å²) in [4.78, 5) is 15.7. The molecule has 0 fully saturated rings. The van der Waals surface area contributed by atoms with E-state index < -0.39 is 5.92 Å². The lowest BCUT2D eigenvalue weighted by molar-refractivity contribution is -0.118. The molecule has 2 N–H and O–H groups in total. The van der Waals surface area contributed by atoms with Crippen LogP contribution >= 0.6 is 0 Å². The number of anilines is 1. The van der Waals surface area contributed by atoms with Crippen molar-refractivity contribution in [1.82, 2.24) is 0 Å². The minimum absolute atomic E-state index is 0.112. The first kappa shape index (κ1) is 21.9. The number of aryl methyl sites for hydroxylation is 3. The fourth-order valence-corrected chi connectivity index (χ4v) is 5.19. The number of nitrogens with zero attached hydrogens (tertiary/aromatic N) is 2. The summed E-state index contributed by atoms with van der Waals surface area (Å²) in [7, 11) is 0. The van der Waals surface area contributed by atoms with Gasteiger partial charge >= 0.3 is 0 Å². The normalized spacial score (nSPS) is 20.3. The molecule has 1 aliphatic heterocycles. The van der Waals surface area contributed by atoms with Crippen LogP contribution in [-0.2, 0) is 11.2 Å². The van der Waals surface area contributed by atoms with Crippen LogP contribution in [0.25, 0.3) is 0 Å². The molecule has 4 rings (SSSR count). The van der Waals surface area contributed by atoms with E-state index in [0.29, 0.717) is 17.8 Å². The fourth-order valence-electron chi connectivity index (χ4n) is 5.19. The second-order valence-corrected chi connectivity index (χ2v) is 9.82. The molecule has 0 aromatic heterocycles. The van der Waals surface area contributed by atoms with E-state index in [0.717, 1.165) is 52.1 Å². The number of hydrogen-bond acceptors (Lipinski definition) is 4. The molecular formula is C28H31N3O. The molecule has 2 aliphatic rings. The molecule has 2 aromatic rings. The van der Waals surface area contributed by atoms with Gasteiger partial charge in [-0.2, -0.15) is 5.26 Å². The molecule has 4 nitrogen and oxygen atoms in total. The Bertz CT molecular complexity index is 1210. The van der Waals surface area contributed by atoms with Crippen LogP contribution in [-0.4, -0.2) is 5.78 Å². The first-order valence-corrected chi connectivity index (χ1v) is 11.3. The van der Waals surface area contributed by atoms with E-state index in [9.17, 15) is 10.1 Å². The van der Waals surface area contributed by atoms with Crippen molar-refractivity contribution in [2.24, 2.45) is 11.1 Å². The van der Waals surface area contributed by atoms with Crippen molar-refractivity contribution in [3.63, 3.8) is 0 Å². The van der Waals surface area contributed by atoms with E-state index in [2.05, 4.69) is 51.1 Å². The van der Waals surface area contributed by atoms with Crippen molar-refractivity contribution in [1.29, 1.82) is 5.26 Å². The third-order valence-electron chi connectivity index (χ3n) is 6.74. The molecule has 0 radical (unpaired) electrons. The van der Waals surface area contributed by atoms with Gasteiger partial charge in [0.15, 0.2) is 5.78 Å². The summed E-state index contributed by atoms with van der Waals surface area (Å²) in [6.07, 6.45) is 2.03. The molecule has 1 aliphatic carbocycles. The highest BCUT2D eigenvalue weighted by Crippen LogP contribution is 2.51. The molecule has 0 bridgehead atoms. The van der Waals surface area contributed by atoms with Crippen molar-refractivity contribution in [3.05, 3.63) is 87.4 Å². The summed E-state index contributed by atoms with van der Waals surface area (Å²) in [5, 5.41) is 10.3. The van der Waals surface area contributed by atoms with Gasteiger partial charge in [-0.25, -0.2) is 0 Å². The van der Waals surface area contributed by atoms with Crippen LogP contribution in [0, 0.1) is 30.6 Å². The van der Waals surface area contributed by atoms with Crippen LogP contribution in [0.3, 0.4) is 0 Å². The zero-order chi connectivity index (χ0) is 23.2. The van der Waals surface area contributed by atoms with Gasteiger partial charge in [-0.15, -0.1) is 0 Å². The van der Waals surface area contributed by atoms with Crippen molar-refractivity contribution in [3.8, 4) is 6.07 Å². The first-order valence-electron chi connectivity index (χ1n) is 11.3. The van der Waals surface area contributed by atoms with E-state index in [1.165, 1.54) is 0 Å². The minimum atomic E-state index is -0.427. The quantitative estimate of drug-likeness (QED) is 0.674. The maximum Gasteiger partial charge on any atom is 0.162 e. The topological polar surface area (TPSA) is 70.1 Å². The van der Waals surface area contributed by atoms with Gasteiger partial charge < -0.3 is 5.73 Å². The van der Waals surface area contributed by atoms with E-state index >= 15 is 0 Å². The zero-order valence-electron chi connectivity index (χ0n) is 19.6. The van der Waals surface area contributed by atoms with E-state index in [1.807, 2.05) is 36.9 Å². The largest absolute Gasteiger partial charge is 0.384 e. The van der Waals surface area contributed by atoms with Crippen LogP contribution < -0.4 is 10.6 Å². The highest BCUT2D eigenvalue weighted by Gasteiger charge is 2.45. The summed E-state index contributed by atoms with van der Waals surface area (Å²) in [6.45, 7) is 10.4. The van der Waals surface area contributed by atoms with E-state index in [1.54, 1.807) is 0 Å². The summed E-state index contributed by atoms with van der Waals surface area (Å²) >= 11 is 0. The average molecular weight is 426 g/mol. The molecule has 2 aromatic carbocycles. The van der Waals surface area contributed by atoms with Gasteiger partial charge in [0.25, 0.3) is 0 Å². The number of ketones is 1. The molecule has 0 amide bonds. The highest BCUT2D eigenvalue weighted by atomic mass is 16.1. The third kappa shape index (κ3) is 3.52. The van der Waals surface area contributed by atoms with Gasteiger partial charge in [0, 0.05) is 17.7 Å². The SMILES string of the molecule is CCc1ccccc1N1C(N)=C(C#N)C(c2cc(C)ccc2C)C2=C1CC(C)(C)CC2=O. The third-order valence-corrected chi connectivity index (χ3v) is 6.74. The smallest absolute Gasteiger partial charge is 0.162 e. The van der Waals surface area contributed by atoms with Gasteiger partial charge in [0.05, 0.1) is 23.2 Å². The standard InChI is InChI=1S/C28H31N3O/c1-6-19-9-7-8-10-22(19)31-23-14-28(4,5)15-24(32)26(23)25(21(16-29)27(31)30)20-13-17(2)11-12-18(20)3/h7-13,25H,6,14-15,30H2,1-5H3. The number of hydrogen-bond donors (Lipinski definition) is 1. The monoisotopic (exact) mass is 425 g/mol. The molecule has 1 heterocycles. The lowest BCUT2D eigenvalue weighted by atomic mass is 9.68. The number of nitriles is 1. The van der Waals surface area contributed by atoms with Crippen molar-refractivity contribution in [2.45, 2.75) is 59.8 Å². The molecule has 32 heavy (non-hydrogen) atoms. The number of allylic oxidation sites excluding steroid dienone is 3. The molecule has 0 saturated carbocycles. The molecule has 4 heteroatoms. The van der Waals surface area contributed by atoms with Gasteiger partial charge in [-0.1, -0.05) is 62.7 Å². The van der Waals surface area contributed by atoms with E-state index in [-0.39, 0.29) is 11.2 Å². The molecule has 1 atom stereocenters. The zero-order valence-corrected chi connectivity index (χ0v) is 19.6. The van der Waals surface area contributed by atoms with Gasteiger partial charge in [-0.05, 0) is 54.9 Å². The Hall–Kier alpha value is -3.32. The Morgan fingerprint density at radius 2 is 1.88 bits per heavy atom. The van der Waals surface area contributed by atoms with Gasteiger partial charge in [0.2, 0.25) is 0 Å². The van der Waals surface area contributed by atoms with Crippen molar-refractivity contribution < 1.29 is 4.79 Å². The number of carbonyl (C=O) groups is 1. The highest BCUT2D eigenvalue weighted by molar-refractivity contribution is 6.02. The van der Waals surface area contributed by atoms with E-state index in [4.69, 9.17) is 5.73 Å². The van der Waals surface area contributed by atoms with Gasteiger partial charge in [-0.3, -0.25) is 9.69 Å². The maximum absolute atomic E-state index is 13.7. The van der Waals surface area contributed by atoms with Crippen LogP contribution in [0.5, 0.6) is 0 Å². The first-order chi connectivity index (χ1) is 15.2. The maximum atomic E-state index is 13.7. The number of Topliss-reactive ketones (excluding diaryl/α,β-unsaturated/α-hetero) is 1. The number of nitrogens with two attached hydrogens (primary N) is 1. The average Bonchev–Trinajstić information content (AvgIpc) is 2.74. The molecule has 0 saturated heterocycles. The number of para-hydroxylation sites is 1. The summed E-state index contributed by atoms with van der Waals surface area (Å²) < 4.78 is 0. The Kier molecular flexibility index (Phi) is 5.46. The molecule has 1 unspecified atom stereocenters. The Morgan fingerprint density at radius 3 is 2.56 bits per heavy atom. The van der Waals surface area contributed by atoms with Gasteiger partial charge in [0.1, 0.15) is 5.82 Å². The predicted octanol–water partition coefficient (Wildman–Crippen LogP) is 5.81. The number of rotatable bonds is 3. The Labute approximate surface area is 191 Å². The number of carbonyl (C=O) groups excluding carboxylic acids is 1. The molecular weight excluding hydrogens is 394 g/mol. The summed E-state index contributed by atoms with van der Waals surface area (Å²) in [5.41, 5.74) is 14.0. The second kappa shape index (κ2) is 7.98. The van der Waals surface area contributed by atoms with Crippen LogP contribution in [0.15, 0.2) is 65.1 Å². The summed E-state index contributed by atoms with van der Waals surface area (Å²) in [6, 6.07) is 16.7. The second-order valence-electron chi connectivity index (χ2n) is 9.82. The van der Waals surface area contributed by atoms with Crippen LogP contribution in [0.4, 0.5) is 5.69 Å². The fraction of sp³-hybridized carbons (Fsp3) is 0.357. The van der Waals surface area contributed by atoms with Crippen molar-refractivity contribution >= 4 is 11.5 Å². The lowest BCUT2D eigenvalue weighted by Crippen LogP contribution is -2.42. The lowest BCUT2D eigenvalue weighted by Gasteiger charge is -2.44. The molecule has 164 valence electrons. The van der Waals surface area contributed by atoms with Crippen LogP contribution in [0.2, 0.25) is 0 Å². The Morgan fingerprint density at radius 1 is 1.16 bits per heavy atom. The predicted molar refractivity (Wildman–Crippen MR) is 129 cm³/mol. The van der Waals surface area contributed by atoms with Crippen molar-refractivity contribution in [2.75, 3.05) is 4.90 Å².